The number of hydrogen-bond acceptors (Lipinski definition) is 3. The quantitative estimate of drug-likeness (QED) is 0.454. The van der Waals surface area contributed by atoms with Crippen LogP contribution in [0.15, 0.2) is 0 Å². The molecule has 1 amide bonds. The van der Waals surface area contributed by atoms with Gasteiger partial charge in [0.2, 0.25) is 5.91 Å². The Morgan fingerprint density at radius 3 is 2.57 bits per heavy atom. The van der Waals surface area contributed by atoms with E-state index in [0.717, 1.165) is 58.0 Å². The van der Waals surface area contributed by atoms with Crippen molar-refractivity contribution in [2.75, 3.05) is 13.1 Å². The third kappa shape index (κ3) is 8.94. The van der Waals surface area contributed by atoms with Gasteiger partial charge in [-0.05, 0) is 38.1 Å². The number of aliphatic carboxylic acids is 1. The molecule has 1 fully saturated rings. The van der Waals surface area contributed by atoms with Gasteiger partial charge >= 0.3 is 5.97 Å². The number of hydrogen-bond donors (Lipinski definition) is 3. The van der Waals surface area contributed by atoms with Crippen molar-refractivity contribution in [1.82, 2.24) is 10.6 Å². The highest BCUT2D eigenvalue weighted by Gasteiger charge is 2.31. The molecule has 0 bridgehead atoms. The van der Waals surface area contributed by atoms with Gasteiger partial charge in [0.05, 0.1) is 6.04 Å². The van der Waals surface area contributed by atoms with Gasteiger partial charge in [-0.25, -0.2) is 0 Å². The minimum absolute atomic E-state index is 0.0276. The lowest BCUT2D eigenvalue weighted by molar-refractivity contribution is -0.137. The minimum Gasteiger partial charge on any atom is -0.481 e. The van der Waals surface area contributed by atoms with E-state index in [-0.39, 0.29) is 18.4 Å². The maximum atomic E-state index is 12.3. The molecule has 0 aromatic carbocycles. The minimum atomic E-state index is -0.708. The standard InChI is InChI=1S/C18H34N2O3/c1-2-3-4-9-13-20-18(23)17-15(12-14-19-17)10-7-5-6-8-11-16(21)22/h15,17,19H,2-14H2,1H3,(H,20,23)(H,21,22). The molecule has 0 radical (unpaired) electrons. The fraction of sp³-hybridized carbons (Fsp3) is 0.889. The zero-order chi connectivity index (χ0) is 16.9. The van der Waals surface area contributed by atoms with Gasteiger partial charge in [0.25, 0.3) is 0 Å². The number of amides is 1. The van der Waals surface area contributed by atoms with Crippen LogP contribution in [0.4, 0.5) is 0 Å². The van der Waals surface area contributed by atoms with E-state index in [1.165, 1.54) is 19.3 Å². The molecule has 1 saturated heterocycles. The van der Waals surface area contributed by atoms with Crippen molar-refractivity contribution in [3.8, 4) is 0 Å². The zero-order valence-corrected chi connectivity index (χ0v) is 14.6. The molecule has 1 aliphatic heterocycles. The predicted octanol–water partition coefficient (Wildman–Crippen LogP) is 3.09. The number of carbonyl (C=O) groups is 2. The lowest BCUT2D eigenvalue weighted by Crippen LogP contribution is -2.44. The summed E-state index contributed by atoms with van der Waals surface area (Å²) in [5.41, 5.74) is 0. The molecule has 1 heterocycles. The smallest absolute Gasteiger partial charge is 0.303 e. The Bertz CT molecular complexity index is 347. The molecular formula is C18H34N2O3. The van der Waals surface area contributed by atoms with E-state index >= 15 is 0 Å². The lowest BCUT2D eigenvalue weighted by Gasteiger charge is -2.19. The van der Waals surface area contributed by atoms with Gasteiger partial charge < -0.3 is 15.7 Å². The van der Waals surface area contributed by atoms with Crippen LogP contribution >= 0.6 is 0 Å². The summed E-state index contributed by atoms with van der Waals surface area (Å²) in [5.74, 6) is -0.111. The highest BCUT2D eigenvalue weighted by atomic mass is 16.4. The monoisotopic (exact) mass is 326 g/mol. The van der Waals surface area contributed by atoms with E-state index in [9.17, 15) is 9.59 Å². The van der Waals surface area contributed by atoms with Crippen molar-refractivity contribution < 1.29 is 14.7 Å². The molecule has 0 aromatic heterocycles. The molecule has 0 aliphatic carbocycles. The van der Waals surface area contributed by atoms with Gasteiger partial charge in [0, 0.05) is 13.0 Å². The number of unbranched alkanes of at least 4 members (excludes halogenated alkanes) is 6. The van der Waals surface area contributed by atoms with Crippen LogP contribution in [0.25, 0.3) is 0 Å². The second-order valence-corrected chi connectivity index (χ2v) is 6.68. The highest BCUT2D eigenvalue weighted by molar-refractivity contribution is 5.82. The van der Waals surface area contributed by atoms with E-state index in [0.29, 0.717) is 5.92 Å². The molecule has 2 atom stereocenters. The van der Waals surface area contributed by atoms with Crippen molar-refractivity contribution in [3.05, 3.63) is 0 Å². The van der Waals surface area contributed by atoms with Gasteiger partial charge in [0.15, 0.2) is 0 Å². The number of carbonyl (C=O) groups excluding carboxylic acids is 1. The predicted molar refractivity (Wildman–Crippen MR) is 92.4 cm³/mol. The molecule has 0 spiro atoms. The van der Waals surface area contributed by atoms with Crippen LogP contribution < -0.4 is 10.6 Å². The van der Waals surface area contributed by atoms with Crippen molar-refractivity contribution in [3.63, 3.8) is 0 Å². The molecule has 3 N–H and O–H groups in total. The first-order chi connectivity index (χ1) is 11.1. The van der Waals surface area contributed by atoms with E-state index in [4.69, 9.17) is 5.11 Å². The van der Waals surface area contributed by atoms with Crippen molar-refractivity contribution in [2.45, 2.75) is 83.6 Å². The number of carboxylic acid groups (broad SMARTS) is 1. The summed E-state index contributed by atoms with van der Waals surface area (Å²) in [6, 6.07) is -0.0276. The molecule has 1 aliphatic rings. The summed E-state index contributed by atoms with van der Waals surface area (Å²) >= 11 is 0. The summed E-state index contributed by atoms with van der Waals surface area (Å²) in [7, 11) is 0. The first kappa shape index (κ1) is 19.9. The average molecular weight is 326 g/mol. The summed E-state index contributed by atoms with van der Waals surface area (Å²) in [6.45, 7) is 3.91. The summed E-state index contributed by atoms with van der Waals surface area (Å²) in [6.07, 6.45) is 11.0. The molecule has 0 saturated carbocycles. The van der Waals surface area contributed by atoms with Gasteiger partial charge in [-0.15, -0.1) is 0 Å². The SMILES string of the molecule is CCCCCCNC(=O)C1NCCC1CCCCCCC(=O)O. The van der Waals surface area contributed by atoms with Gasteiger partial charge in [-0.1, -0.05) is 45.4 Å². The Morgan fingerprint density at radius 2 is 1.83 bits per heavy atom. The Hall–Kier alpha value is -1.10. The number of rotatable bonds is 13. The van der Waals surface area contributed by atoms with E-state index < -0.39 is 5.97 Å². The summed E-state index contributed by atoms with van der Waals surface area (Å²) in [4.78, 5) is 22.7. The first-order valence-electron chi connectivity index (χ1n) is 9.38. The topological polar surface area (TPSA) is 78.4 Å². The molecule has 5 heteroatoms. The Labute approximate surface area is 140 Å². The molecule has 134 valence electrons. The molecule has 5 nitrogen and oxygen atoms in total. The van der Waals surface area contributed by atoms with Crippen LogP contribution in [-0.2, 0) is 9.59 Å². The highest BCUT2D eigenvalue weighted by Crippen LogP contribution is 2.23. The maximum Gasteiger partial charge on any atom is 0.303 e. The molecule has 1 rings (SSSR count). The third-order valence-corrected chi connectivity index (χ3v) is 4.68. The van der Waals surface area contributed by atoms with E-state index in [1.807, 2.05) is 0 Å². The Balaban J connectivity index is 2.12. The molecule has 2 unspecified atom stereocenters. The summed E-state index contributed by atoms with van der Waals surface area (Å²) < 4.78 is 0. The number of carboxylic acids is 1. The maximum absolute atomic E-state index is 12.3. The Kier molecular flexibility index (Phi) is 10.7. The van der Waals surface area contributed by atoms with E-state index in [2.05, 4.69) is 17.6 Å². The largest absolute Gasteiger partial charge is 0.481 e. The molecule has 0 aromatic rings. The molecule has 23 heavy (non-hydrogen) atoms. The van der Waals surface area contributed by atoms with Crippen molar-refractivity contribution >= 4 is 11.9 Å². The third-order valence-electron chi connectivity index (χ3n) is 4.68. The van der Waals surface area contributed by atoms with Crippen molar-refractivity contribution in [1.29, 1.82) is 0 Å². The normalized spacial score (nSPS) is 20.6. The molecular weight excluding hydrogens is 292 g/mol. The van der Waals surface area contributed by atoms with Crippen molar-refractivity contribution in [2.24, 2.45) is 5.92 Å². The van der Waals surface area contributed by atoms with Crippen LogP contribution in [0.5, 0.6) is 0 Å². The summed E-state index contributed by atoms with van der Waals surface area (Å²) in [5, 5.41) is 15.0. The number of nitrogens with one attached hydrogen (secondary N) is 2. The second kappa shape index (κ2) is 12.3. The van der Waals surface area contributed by atoms with Gasteiger partial charge in [-0.2, -0.15) is 0 Å². The van der Waals surface area contributed by atoms with Crippen LogP contribution in [0.2, 0.25) is 0 Å². The Morgan fingerprint density at radius 1 is 1.09 bits per heavy atom. The average Bonchev–Trinajstić information content (AvgIpc) is 2.98. The van der Waals surface area contributed by atoms with Crippen LogP contribution in [-0.4, -0.2) is 36.1 Å². The fourth-order valence-corrected chi connectivity index (χ4v) is 3.28. The van der Waals surface area contributed by atoms with Crippen LogP contribution in [0, 0.1) is 5.92 Å². The van der Waals surface area contributed by atoms with Crippen LogP contribution in [0.1, 0.15) is 77.6 Å². The first-order valence-corrected chi connectivity index (χ1v) is 9.38. The zero-order valence-electron chi connectivity index (χ0n) is 14.6. The lowest BCUT2D eigenvalue weighted by atomic mass is 9.93. The van der Waals surface area contributed by atoms with Gasteiger partial charge in [0.1, 0.15) is 0 Å². The second-order valence-electron chi connectivity index (χ2n) is 6.68. The van der Waals surface area contributed by atoms with E-state index in [1.54, 1.807) is 0 Å². The van der Waals surface area contributed by atoms with Gasteiger partial charge in [-0.3, -0.25) is 9.59 Å². The van der Waals surface area contributed by atoms with Crippen LogP contribution in [0.3, 0.4) is 0 Å². The fourth-order valence-electron chi connectivity index (χ4n) is 3.28.